The first-order valence-electron chi connectivity index (χ1n) is 7.27. The van der Waals surface area contributed by atoms with Gasteiger partial charge in [-0.15, -0.1) is 0 Å². The molecule has 0 aliphatic heterocycles. The number of anilines is 2. The Bertz CT molecular complexity index is 437. The summed E-state index contributed by atoms with van der Waals surface area (Å²) in [6, 6.07) is 0.621. The number of aromatic nitrogens is 2. The normalized spacial score (nSPS) is 30.0. The first-order chi connectivity index (χ1) is 8.69. The highest BCUT2D eigenvalue weighted by atomic mass is 15.3. The van der Waals surface area contributed by atoms with Gasteiger partial charge < -0.3 is 11.1 Å². The first-order valence-corrected chi connectivity index (χ1v) is 7.27. The summed E-state index contributed by atoms with van der Waals surface area (Å²) in [5.41, 5.74) is 8.13. The average molecular weight is 248 g/mol. The van der Waals surface area contributed by atoms with E-state index in [2.05, 4.69) is 17.3 Å². The molecule has 2 fully saturated rings. The van der Waals surface area contributed by atoms with Crippen LogP contribution in [0.2, 0.25) is 0 Å². The van der Waals surface area contributed by atoms with Crippen LogP contribution in [-0.2, 0) is 13.5 Å². The number of hydrogen-bond acceptors (Lipinski definition) is 3. The number of nitrogens with one attached hydrogen (secondary N) is 1. The Kier molecular flexibility index (Phi) is 2.96. The van der Waals surface area contributed by atoms with Crippen molar-refractivity contribution in [2.75, 3.05) is 11.1 Å². The highest BCUT2D eigenvalue weighted by Crippen LogP contribution is 2.46. The van der Waals surface area contributed by atoms with E-state index < -0.39 is 0 Å². The quantitative estimate of drug-likeness (QED) is 0.861. The second-order valence-electron chi connectivity index (χ2n) is 6.01. The molecule has 3 atom stereocenters. The molecule has 1 aromatic heterocycles. The first kappa shape index (κ1) is 11.9. The van der Waals surface area contributed by atoms with E-state index in [1.54, 1.807) is 0 Å². The van der Waals surface area contributed by atoms with Crippen molar-refractivity contribution in [1.82, 2.24) is 9.78 Å². The highest BCUT2D eigenvalue weighted by Gasteiger charge is 2.40. The lowest BCUT2D eigenvalue weighted by Gasteiger charge is -2.24. The maximum absolute atomic E-state index is 6.22. The standard InChI is InChI=1S/C14H24N4/c1-3-4-11-13(15)14(18(2)17-11)16-12-8-9-5-6-10(12)7-9/h9-10,12,16H,3-8,15H2,1-2H3. The minimum Gasteiger partial charge on any atom is -0.394 e. The summed E-state index contributed by atoms with van der Waals surface area (Å²) in [5.74, 6) is 2.85. The lowest BCUT2D eigenvalue weighted by molar-refractivity contribution is 0.437. The Hall–Kier alpha value is -1.19. The molecule has 4 heteroatoms. The van der Waals surface area contributed by atoms with Gasteiger partial charge in [-0.3, -0.25) is 4.68 Å². The van der Waals surface area contributed by atoms with Crippen LogP contribution in [-0.4, -0.2) is 15.8 Å². The molecule has 0 radical (unpaired) electrons. The van der Waals surface area contributed by atoms with Crippen molar-refractivity contribution < 1.29 is 0 Å². The van der Waals surface area contributed by atoms with Crippen LogP contribution in [0.3, 0.4) is 0 Å². The van der Waals surface area contributed by atoms with E-state index >= 15 is 0 Å². The van der Waals surface area contributed by atoms with Gasteiger partial charge in [0.05, 0.1) is 11.4 Å². The van der Waals surface area contributed by atoms with Crippen molar-refractivity contribution in [3.63, 3.8) is 0 Å². The van der Waals surface area contributed by atoms with Crippen LogP contribution in [0, 0.1) is 11.8 Å². The van der Waals surface area contributed by atoms with Crippen LogP contribution < -0.4 is 11.1 Å². The molecule has 18 heavy (non-hydrogen) atoms. The molecule has 2 aliphatic rings. The number of nitrogens with two attached hydrogens (primary N) is 1. The molecule has 3 N–H and O–H groups in total. The molecule has 4 nitrogen and oxygen atoms in total. The molecule has 3 rings (SSSR count). The molecule has 0 spiro atoms. The van der Waals surface area contributed by atoms with Gasteiger partial charge in [-0.1, -0.05) is 19.8 Å². The summed E-state index contributed by atoms with van der Waals surface area (Å²) >= 11 is 0. The van der Waals surface area contributed by atoms with Crippen LogP contribution in [0.25, 0.3) is 0 Å². The maximum atomic E-state index is 6.22. The van der Waals surface area contributed by atoms with E-state index in [1.165, 1.54) is 25.7 Å². The van der Waals surface area contributed by atoms with Gasteiger partial charge in [0.25, 0.3) is 0 Å². The van der Waals surface area contributed by atoms with Gasteiger partial charge in [0, 0.05) is 13.1 Å². The minimum absolute atomic E-state index is 0.621. The van der Waals surface area contributed by atoms with Gasteiger partial charge >= 0.3 is 0 Å². The smallest absolute Gasteiger partial charge is 0.148 e. The van der Waals surface area contributed by atoms with Crippen LogP contribution >= 0.6 is 0 Å². The Balaban J connectivity index is 1.76. The van der Waals surface area contributed by atoms with Crippen molar-refractivity contribution in [3.05, 3.63) is 5.69 Å². The monoisotopic (exact) mass is 248 g/mol. The van der Waals surface area contributed by atoms with Gasteiger partial charge in [0.15, 0.2) is 0 Å². The van der Waals surface area contributed by atoms with E-state index in [9.17, 15) is 0 Å². The minimum atomic E-state index is 0.621. The van der Waals surface area contributed by atoms with Crippen LogP contribution in [0.5, 0.6) is 0 Å². The van der Waals surface area contributed by atoms with E-state index in [4.69, 9.17) is 5.73 Å². The highest BCUT2D eigenvalue weighted by molar-refractivity contribution is 5.65. The summed E-state index contributed by atoms with van der Waals surface area (Å²) < 4.78 is 1.92. The third-order valence-electron chi connectivity index (χ3n) is 4.71. The van der Waals surface area contributed by atoms with Crippen LogP contribution in [0.4, 0.5) is 11.5 Å². The predicted molar refractivity (Wildman–Crippen MR) is 74.5 cm³/mol. The Labute approximate surface area is 109 Å². The Morgan fingerprint density at radius 3 is 2.83 bits per heavy atom. The Morgan fingerprint density at radius 1 is 1.39 bits per heavy atom. The zero-order chi connectivity index (χ0) is 12.7. The molecule has 2 saturated carbocycles. The molecular formula is C14H24N4. The summed E-state index contributed by atoms with van der Waals surface area (Å²) in [6.45, 7) is 2.16. The number of nitrogen functional groups attached to an aromatic ring is 1. The van der Waals surface area contributed by atoms with Gasteiger partial charge in [-0.05, 0) is 37.5 Å². The van der Waals surface area contributed by atoms with E-state index in [-0.39, 0.29) is 0 Å². The molecule has 2 bridgehead atoms. The zero-order valence-corrected chi connectivity index (χ0v) is 11.4. The van der Waals surface area contributed by atoms with E-state index in [0.29, 0.717) is 6.04 Å². The number of aryl methyl sites for hydroxylation is 2. The van der Waals surface area contributed by atoms with Crippen molar-refractivity contribution >= 4 is 11.5 Å². The Morgan fingerprint density at radius 2 is 2.22 bits per heavy atom. The fraction of sp³-hybridized carbons (Fsp3) is 0.786. The van der Waals surface area contributed by atoms with Gasteiger partial charge in [0.1, 0.15) is 5.82 Å². The molecule has 100 valence electrons. The third kappa shape index (κ3) is 1.88. The summed E-state index contributed by atoms with van der Waals surface area (Å²) in [6.07, 6.45) is 7.62. The van der Waals surface area contributed by atoms with Gasteiger partial charge in [-0.25, -0.2) is 0 Å². The third-order valence-corrected chi connectivity index (χ3v) is 4.71. The molecule has 0 saturated heterocycles. The van der Waals surface area contributed by atoms with Crippen molar-refractivity contribution in [2.24, 2.45) is 18.9 Å². The number of fused-ring (bicyclic) bond motifs is 2. The second-order valence-corrected chi connectivity index (χ2v) is 6.01. The SMILES string of the molecule is CCCc1nn(C)c(NC2CC3CCC2C3)c1N. The van der Waals surface area contributed by atoms with Crippen molar-refractivity contribution in [3.8, 4) is 0 Å². The largest absolute Gasteiger partial charge is 0.394 e. The average Bonchev–Trinajstić information content (AvgIpc) is 3.01. The van der Waals surface area contributed by atoms with Crippen LogP contribution in [0.1, 0.15) is 44.7 Å². The number of hydrogen-bond donors (Lipinski definition) is 2. The van der Waals surface area contributed by atoms with Gasteiger partial charge in [-0.2, -0.15) is 5.10 Å². The van der Waals surface area contributed by atoms with E-state index in [0.717, 1.165) is 41.9 Å². The second kappa shape index (κ2) is 4.48. The van der Waals surface area contributed by atoms with Crippen molar-refractivity contribution in [2.45, 2.75) is 51.5 Å². The molecule has 2 aliphatic carbocycles. The maximum Gasteiger partial charge on any atom is 0.148 e. The summed E-state index contributed by atoms with van der Waals surface area (Å²) in [7, 11) is 1.99. The van der Waals surface area contributed by atoms with Gasteiger partial charge in [0.2, 0.25) is 0 Å². The summed E-state index contributed by atoms with van der Waals surface area (Å²) in [5, 5.41) is 8.20. The summed E-state index contributed by atoms with van der Waals surface area (Å²) in [4.78, 5) is 0. The van der Waals surface area contributed by atoms with E-state index in [1.807, 2.05) is 11.7 Å². The lowest BCUT2D eigenvalue weighted by Crippen LogP contribution is -2.27. The number of nitrogens with zero attached hydrogens (tertiary/aromatic N) is 2. The molecule has 1 aromatic rings. The van der Waals surface area contributed by atoms with Crippen LogP contribution in [0.15, 0.2) is 0 Å². The lowest BCUT2D eigenvalue weighted by atomic mass is 9.95. The fourth-order valence-electron chi connectivity index (χ4n) is 3.79. The molecule has 0 aromatic carbocycles. The molecule has 1 heterocycles. The molecule has 0 amide bonds. The topological polar surface area (TPSA) is 55.9 Å². The fourth-order valence-corrected chi connectivity index (χ4v) is 3.79. The number of rotatable bonds is 4. The molecule has 3 unspecified atom stereocenters. The predicted octanol–water partition coefficient (Wildman–Crippen LogP) is 2.56. The zero-order valence-electron chi connectivity index (χ0n) is 11.4. The van der Waals surface area contributed by atoms with Crippen molar-refractivity contribution in [1.29, 1.82) is 0 Å². The molecular weight excluding hydrogens is 224 g/mol.